The van der Waals surface area contributed by atoms with E-state index in [1.54, 1.807) is 0 Å². The van der Waals surface area contributed by atoms with Gasteiger partial charge in [-0.1, -0.05) is 0 Å². The Morgan fingerprint density at radius 3 is 3.33 bits per heavy atom. The number of hydrogen-bond donors (Lipinski definition) is 0. The van der Waals surface area contributed by atoms with Gasteiger partial charge in [0, 0.05) is 23.5 Å². The van der Waals surface area contributed by atoms with Gasteiger partial charge in [-0.2, -0.15) is 5.10 Å². The van der Waals surface area contributed by atoms with Crippen LogP contribution >= 0.6 is 0 Å². The van der Waals surface area contributed by atoms with Crippen LogP contribution in [0, 0.1) is 0 Å². The monoisotopic (exact) mass is 212 g/mol. The second kappa shape index (κ2) is 3.91. The molecule has 7 heteroatoms. The lowest BCUT2D eigenvalue weighted by Crippen LogP contribution is -2.12. The van der Waals surface area contributed by atoms with Gasteiger partial charge < -0.3 is 4.74 Å². The smallest absolute Gasteiger partial charge is 0.419 e. The van der Waals surface area contributed by atoms with Gasteiger partial charge in [0.05, 0.1) is 2.74 Å². The molecule has 0 saturated carbocycles. The Bertz CT molecular complexity index is 605. The molecule has 7 nitrogen and oxygen atoms in total. The van der Waals surface area contributed by atoms with E-state index in [4.69, 9.17) is 6.85 Å². The van der Waals surface area contributed by atoms with Crippen molar-refractivity contribution in [3.8, 4) is 0 Å². The molecule has 0 fully saturated rings. The van der Waals surface area contributed by atoms with E-state index in [1.807, 2.05) is 0 Å². The summed E-state index contributed by atoms with van der Waals surface area (Å²) >= 11 is 0. The zero-order valence-electron chi connectivity index (χ0n) is 12.4. The van der Waals surface area contributed by atoms with Gasteiger partial charge in [0.25, 0.3) is 0 Å². The molecule has 0 spiro atoms. The minimum absolute atomic E-state index is 0.505. The number of carbonyl (C=O) groups is 1. The van der Waals surface area contributed by atoms with Crippen LogP contribution < -0.4 is 0 Å². The molecule has 2 aromatic heterocycles. The summed E-state index contributed by atoms with van der Waals surface area (Å²) in [6.07, 6.45) is 3.53. The van der Waals surface area contributed by atoms with Crippen LogP contribution in [0.5, 0.6) is 0 Å². The Morgan fingerprint density at radius 1 is 1.73 bits per heavy atom. The first-order chi connectivity index (χ1) is 9.20. The van der Waals surface area contributed by atoms with Crippen molar-refractivity contribution in [1.82, 2.24) is 24.3 Å². The molecule has 78 valence electrons. The molecule has 0 aliphatic rings. The topological polar surface area (TPSA) is 74.8 Å². The number of imidazole rings is 1. The average molecular weight is 212 g/mol. The van der Waals surface area contributed by atoms with Gasteiger partial charge in [0.15, 0.2) is 12.4 Å². The predicted molar refractivity (Wildman–Crippen MR) is 48.8 cm³/mol. The van der Waals surface area contributed by atoms with Crippen LogP contribution in [0.15, 0.2) is 25.0 Å². The largest absolute Gasteiger partial charge is 0.441 e. The summed E-state index contributed by atoms with van der Waals surface area (Å²) in [6.45, 7) is -5.26. The predicted octanol–water partition coefficient (Wildman–Crippen LogP) is 0.196. The van der Waals surface area contributed by atoms with Gasteiger partial charge >= 0.3 is 6.09 Å². The third kappa shape index (κ3) is 2.19. The molecule has 15 heavy (non-hydrogen) atoms. The van der Waals surface area contributed by atoms with Crippen LogP contribution in [0.1, 0.15) is 12.7 Å². The lowest BCUT2D eigenvalue weighted by atomic mass is 10.7. The van der Waals surface area contributed by atoms with Gasteiger partial charge in [-0.15, -0.1) is 0 Å². The standard InChI is InChI=1S/C8H9N5O2/c1-12-6-10-7(11-12)4-15-8(14)13-3-2-9-5-13/h2-3,5-6H,4H2,1H3/i1D3,4D2. The molecule has 2 heterocycles. The number of carbonyl (C=O) groups excluding carboxylic acids is 1. The van der Waals surface area contributed by atoms with Crippen molar-refractivity contribution in [2.24, 2.45) is 6.98 Å². The van der Waals surface area contributed by atoms with E-state index in [0.29, 0.717) is 4.68 Å². The molecule has 0 unspecified atom stereocenters. The molecule has 0 aliphatic heterocycles. The molecule has 0 amide bonds. The number of rotatable bonds is 2. The second-order valence-electron chi connectivity index (χ2n) is 2.45. The quantitative estimate of drug-likeness (QED) is 0.710. The molecule has 0 N–H and O–H groups in total. The number of aromatic nitrogens is 5. The second-order valence-corrected chi connectivity index (χ2v) is 2.45. The van der Waals surface area contributed by atoms with Crippen molar-refractivity contribution in [3.63, 3.8) is 0 Å². The number of hydrogen-bond acceptors (Lipinski definition) is 5. The molecule has 0 aliphatic carbocycles. The van der Waals surface area contributed by atoms with E-state index in [9.17, 15) is 4.79 Å². The molecule has 0 bridgehead atoms. The molecular weight excluding hydrogens is 198 g/mol. The number of aryl methyl sites for hydroxylation is 1. The first kappa shape index (κ1) is 5.06. The Kier molecular flexibility index (Phi) is 1.32. The fourth-order valence-corrected chi connectivity index (χ4v) is 0.819. The van der Waals surface area contributed by atoms with Crippen LogP contribution in [0.2, 0.25) is 0 Å². The molecular formula is C8H9N5O2. The van der Waals surface area contributed by atoms with Gasteiger partial charge in [0.1, 0.15) is 12.7 Å². The van der Waals surface area contributed by atoms with Gasteiger partial charge in [0.2, 0.25) is 0 Å². The Morgan fingerprint density at radius 2 is 2.67 bits per heavy atom. The number of nitrogens with zero attached hydrogens (tertiary/aromatic N) is 5. The van der Waals surface area contributed by atoms with Crippen molar-refractivity contribution >= 4 is 6.09 Å². The molecule has 2 aromatic rings. The Balaban J connectivity index is 2.18. The van der Waals surface area contributed by atoms with E-state index in [1.165, 1.54) is 12.4 Å². The highest BCUT2D eigenvalue weighted by Gasteiger charge is 2.06. The average Bonchev–Trinajstić information content (AvgIpc) is 3.00. The van der Waals surface area contributed by atoms with Crippen LogP contribution in [-0.2, 0) is 18.3 Å². The minimum Gasteiger partial charge on any atom is -0.441 e. The van der Waals surface area contributed by atoms with Crippen LogP contribution in [-0.4, -0.2) is 30.4 Å². The minimum atomic E-state index is -2.67. The first-order valence-electron chi connectivity index (χ1n) is 6.34. The Hall–Kier alpha value is -2.18. The molecule has 2 rings (SSSR count). The maximum atomic E-state index is 11.6. The van der Waals surface area contributed by atoms with Gasteiger partial charge in [-0.3, -0.25) is 4.68 Å². The van der Waals surface area contributed by atoms with Crippen molar-refractivity contribution in [3.05, 3.63) is 30.9 Å². The molecule has 0 atom stereocenters. The van der Waals surface area contributed by atoms with Crippen LogP contribution in [0.3, 0.4) is 0 Å². The molecule has 0 aromatic carbocycles. The maximum Gasteiger partial charge on any atom is 0.419 e. The van der Waals surface area contributed by atoms with Crippen molar-refractivity contribution < 1.29 is 16.4 Å². The van der Waals surface area contributed by atoms with E-state index in [-0.39, 0.29) is 0 Å². The summed E-state index contributed by atoms with van der Waals surface area (Å²) in [5.74, 6) is -0.568. The summed E-state index contributed by atoms with van der Waals surface area (Å²) in [4.78, 5) is 18.7. The summed E-state index contributed by atoms with van der Waals surface area (Å²) in [5.41, 5.74) is 0. The van der Waals surface area contributed by atoms with Crippen LogP contribution in [0.4, 0.5) is 4.79 Å². The van der Waals surface area contributed by atoms with Crippen molar-refractivity contribution in [1.29, 1.82) is 0 Å². The molecule has 0 saturated heterocycles. The van der Waals surface area contributed by atoms with E-state index < -0.39 is 25.5 Å². The Labute approximate surface area is 92.3 Å². The lowest BCUT2D eigenvalue weighted by Gasteiger charge is -2.00. The lowest BCUT2D eigenvalue weighted by molar-refractivity contribution is 0.138. The highest BCUT2D eigenvalue weighted by molar-refractivity contribution is 5.69. The first-order valence-corrected chi connectivity index (χ1v) is 3.84. The van der Waals surface area contributed by atoms with Gasteiger partial charge in [-0.05, 0) is 0 Å². The fraction of sp³-hybridized carbons (Fsp3) is 0.250. The van der Waals surface area contributed by atoms with Crippen molar-refractivity contribution in [2.45, 2.75) is 6.56 Å². The van der Waals surface area contributed by atoms with Gasteiger partial charge in [-0.25, -0.2) is 19.3 Å². The third-order valence-corrected chi connectivity index (χ3v) is 1.44. The summed E-state index contributed by atoms with van der Waals surface area (Å²) in [7, 11) is 0. The molecule has 0 radical (unpaired) electrons. The maximum absolute atomic E-state index is 11.6. The third-order valence-electron chi connectivity index (χ3n) is 1.44. The fourth-order valence-electron chi connectivity index (χ4n) is 0.819. The number of ether oxygens (including phenoxy) is 1. The summed E-state index contributed by atoms with van der Waals surface area (Å²) < 4.78 is 42.5. The van der Waals surface area contributed by atoms with Crippen molar-refractivity contribution in [2.75, 3.05) is 0 Å². The van der Waals surface area contributed by atoms with E-state index in [2.05, 4.69) is 19.8 Å². The summed E-state index contributed by atoms with van der Waals surface area (Å²) in [5, 5.41) is 3.45. The zero-order valence-corrected chi connectivity index (χ0v) is 7.36. The highest BCUT2D eigenvalue weighted by atomic mass is 16.5. The SMILES string of the molecule is [2H]C([2H])(OC(=O)n1ccnc1)c1ncn(C([2H])([2H])[2H])n1. The highest BCUT2D eigenvalue weighted by Crippen LogP contribution is 1.95. The summed E-state index contributed by atoms with van der Waals surface area (Å²) in [6, 6.07) is 0. The van der Waals surface area contributed by atoms with Crippen LogP contribution in [0.25, 0.3) is 0 Å². The zero-order chi connectivity index (χ0) is 15.0. The normalized spacial score (nSPS) is 16.9. The van der Waals surface area contributed by atoms with E-state index in [0.717, 1.165) is 17.2 Å². The van der Waals surface area contributed by atoms with E-state index >= 15 is 0 Å².